The van der Waals surface area contributed by atoms with Crippen molar-refractivity contribution in [1.29, 1.82) is 0 Å². The Morgan fingerprint density at radius 2 is 2.00 bits per heavy atom. The van der Waals surface area contributed by atoms with Crippen LogP contribution in [-0.4, -0.2) is 21.2 Å². The average molecular weight is 312 g/mol. The number of nitrogens with zero attached hydrogens (tertiary/aromatic N) is 2. The molecule has 2 aliphatic carbocycles. The third-order valence-electron chi connectivity index (χ3n) is 6.24. The fourth-order valence-corrected chi connectivity index (χ4v) is 5.97. The molecule has 2 aliphatic rings. The minimum Gasteiger partial charge on any atom is -0.298 e. The smallest absolute Gasteiger partial charge is 0.150 e. The zero-order valence-electron chi connectivity index (χ0n) is 13.2. The first-order valence-electron chi connectivity index (χ1n) is 7.86. The van der Waals surface area contributed by atoms with Crippen molar-refractivity contribution >= 4 is 28.3 Å². The molecule has 0 radical (unpaired) electrons. The Labute approximate surface area is 134 Å². The van der Waals surface area contributed by atoms with Crippen molar-refractivity contribution in [3.8, 4) is 0 Å². The van der Waals surface area contributed by atoms with Gasteiger partial charge in [0.15, 0.2) is 0 Å². The van der Waals surface area contributed by atoms with Crippen LogP contribution in [0.1, 0.15) is 33.6 Å². The number of ketones is 1. The second-order valence-electron chi connectivity index (χ2n) is 7.37. The number of carbonyl (C=O) groups is 1. The summed E-state index contributed by atoms with van der Waals surface area (Å²) >= 11 is 1.63. The van der Waals surface area contributed by atoms with Crippen LogP contribution < -0.4 is 0 Å². The summed E-state index contributed by atoms with van der Waals surface area (Å²) in [6.07, 6.45) is 3.96. The maximum Gasteiger partial charge on any atom is 0.150 e. The van der Waals surface area contributed by atoms with Gasteiger partial charge in [-0.05, 0) is 23.7 Å². The number of hydrogen-bond donors (Lipinski definition) is 0. The van der Waals surface area contributed by atoms with Gasteiger partial charge in [0.05, 0.1) is 11.4 Å². The Morgan fingerprint density at radius 1 is 1.23 bits per heavy atom. The van der Waals surface area contributed by atoms with E-state index in [9.17, 15) is 4.79 Å². The zero-order valence-corrected chi connectivity index (χ0v) is 14.0. The highest BCUT2D eigenvalue weighted by Gasteiger charge is 2.66. The molecule has 3 nitrogen and oxygen atoms in total. The summed E-state index contributed by atoms with van der Waals surface area (Å²) in [6.45, 7) is 6.81. The van der Waals surface area contributed by atoms with Gasteiger partial charge in [0.1, 0.15) is 10.8 Å². The van der Waals surface area contributed by atoms with Gasteiger partial charge < -0.3 is 0 Å². The van der Waals surface area contributed by atoms with Crippen LogP contribution in [0.25, 0.3) is 10.8 Å². The Hall–Kier alpha value is -1.42. The number of fused-ring (bicyclic) bond motifs is 3. The largest absolute Gasteiger partial charge is 0.298 e. The van der Waals surface area contributed by atoms with E-state index in [-0.39, 0.29) is 22.0 Å². The van der Waals surface area contributed by atoms with E-state index in [0.29, 0.717) is 5.78 Å². The van der Waals surface area contributed by atoms with Crippen LogP contribution in [-0.2, 0) is 4.79 Å². The third-order valence-corrected chi connectivity index (χ3v) is 7.76. The number of aromatic nitrogens is 2. The summed E-state index contributed by atoms with van der Waals surface area (Å²) < 4.78 is 0. The lowest BCUT2D eigenvalue weighted by molar-refractivity contribution is -0.122. The minimum absolute atomic E-state index is 0.00126. The normalized spacial score (nSPS) is 32.8. The lowest BCUT2D eigenvalue weighted by atomic mass is 9.71. The molecule has 3 unspecified atom stereocenters. The van der Waals surface area contributed by atoms with Crippen LogP contribution in [0.2, 0.25) is 0 Å². The Morgan fingerprint density at radius 3 is 2.73 bits per heavy atom. The maximum absolute atomic E-state index is 12.9. The molecule has 2 fully saturated rings. The Balaban J connectivity index is 1.76. The molecule has 0 saturated heterocycles. The maximum atomic E-state index is 12.9. The van der Waals surface area contributed by atoms with Gasteiger partial charge in [0.25, 0.3) is 0 Å². The van der Waals surface area contributed by atoms with Crippen LogP contribution in [0.3, 0.4) is 0 Å². The fourth-order valence-electron chi connectivity index (χ4n) is 4.38. The first-order valence-corrected chi connectivity index (χ1v) is 8.74. The zero-order chi connectivity index (χ0) is 15.5. The second-order valence-corrected chi connectivity index (χ2v) is 8.46. The second kappa shape index (κ2) is 4.54. The van der Waals surface area contributed by atoms with Crippen LogP contribution in [0, 0.1) is 16.7 Å². The molecule has 22 heavy (non-hydrogen) atoms. The van der Waals surface area contributed by atoms with Crippen molar-refractivity contribution in [2.24, 2.45) is 16.7 Å². The highest BCUT2D eigenvalue weighted by Crippen LogP contribution is 2.67. The predicted octanol–water partition coefficient (Wildman–Crippen LogP) is 4.12. The molecule has 2 bridgehead atoms. The van der Waals surface area contributed by atoms with Crippen molar-refractivity contribution in [3.63, 3.8) is 0 Å². The van der Waals surface area contributed by atoms with Crippen molar-refractivity contribution in [2.75, 3.05) is 0 Å². The molecule has 0 N–H and O–H groups in total. The van der Waals surface area contributed by atoms with Crippen molar-refractivity contribution in [3.05, 3.63) is 30.5 Å². The van der Waals surface area contributed by atoms with Crippen molar-refractivity contribution < 1.29 is 4.79 Å². The highest BCUT2D eigenvalue weighted by molar-refractivity contribution is 8.00. The molecule has 114 valence electrons. The molecule has 2 saturated carbocycles. The molecular weight excluding hydrogens is 292 g/mol. The van der Waals surface area contributed by atoms with Crippen LogP contribution >= 0.6 is 11.8 Å². The van der Waals surface area contributed by atoms with E-state index in [2.05, 4.69) is 37.0 Å². The number of hydrogen-bond acceptors (Lipinski definition) is 4. The third kappa shape index (κ3) is 1.67. The summed E-state index contributed by atoms with van der Waals surface area (Å²) in [7, 11) is 0. The molecule has 3 atom stereocenters. The summed E-state index contributed by atoms with van der Waals surface area (Å²) in [5, 5.41) is 11.5. The van der Waals surface area contributed by atoms with E-state index < -0.39 is 0 Å². The molecule has 4 rings (SSSR count). The lowest BCUT2D eigenvalue weighted by Gasteiger charge is -2.37. The van der Waals surface area contributed by atoms with Gasteiger partial charge in [0, 0.05) is 16.7 Å². The van der Waals surface area contributed by atoms with Gasteiger partial charge >= 0.3 is 0 Å². The number of rotatable bonds is 2. The van der Waals surface area contributed by atoms with Crippen LogP contribution in [0.5, 0.6) is 0 Å². The molecule has 4 heteroatoms. The highest BCUT2D eigenvalue weighted by atomic mass is 32.2. The number of carbonyl (C=O) groups excluding carboxylic acids is 1. The van der Waals surface area contributed by atoms with Gasteiger partial charge in [0.2, 0.25) is 0 Å². The Bertz CT molecular complexity index is 767. The summed E-state index contributed by atoms with van der Waals surface area (Å²) in [4.78, 5) is 12.9. The van der Waals surface area contributed by atoms with E-state index in [1.54, 1.807) is 18.0 Å². The van der Waals surface area contributed by atoms with Gasteiger partial charge in [-0.25, -0.2) is 0 Å². The topological polar surface area (TPSA) is 42.9 Å². The first-order chi connectivity index (χ1) is 10.4. The minimum atomic E-state index is 0.00126. The fraction of sp³-hybridized carbons (Fsp3) is 0.500. The monoisotopic (exact) mass is 312 g/mol. The van der Waals surface area contributed by atoms with Gasteiger partial charge in [-0.3, -0.25) is 4.79 Å². The quantitative estimate of drug-likeness (QED) is 0.837. The molecule has 1 heterocycles. The van der Waals surface area contributed by atoms with Crippen LogP contribution in [0.15, 0.2) is 35.5 Å². The van der Waals surface area contributed by atoms with Gasteiger partial charge in [-0.2, -0.15) is 5.10 Å². The van der Waals surface area contributed by atoms with Gasteiger partial charge in [-0.1, -0.05) is 56.8 Å². The number of benzene rings is 1. The Kier molecular flexibility index (Phi) is 2.93. The molecule has 2 aromatic rings. The molecule has 0 aliphatic heterocycles. The molecule has 1 aromatic heterocycles. The average Bonchev–Trinajstić information content (AvgIpc) is 2.81. The summed E-state index contributed by atoms with van der Waals surface area (Å²) in [6, 6.07) is 8.13. The first kappa shape index (κ1) is 14.2. The van der Waals surface area contributed by atoms with Crippen LogP contribution in [0.4, 0.5) is 0 Å². The molecule has 0 spiro atoms. The van der Waals surface area contributed by atoms with E-state index in [4.69, 9.17) is 0 Å². The SMILES string of the molecule is CC1(C)C2CCC1(C)C(Sc1nncc3ccccc13)C2=O. The van der Waals surface area contributed by atoms with E-state index in [0.717, 1.165) is 28.6 Å². The standard InChI is InChI=1S/C18H20N2OS/c1-17(2)13-8-9-18(17,3)15(14(13)21)22-16-12-7-5-4-6-11(12)10-19-20-16/h4-7,10,13,15H,8-9H2,1-3H3. The predicted molar refractivity (Wildman–Crippen MR) is 88.8 cm³/mol. The summed E-state index contributed by atoms with van der Waals surface area (Å²) in [5.74, 6) is 0.622. The molecular formula is C18H20N2OS. The molecule has 1 aromatic carbocycles. The van der Waals surface area contributed by atoms with E-state index in [1.165, 1.54) is 0 Å². The van der Waals surface area contributed by atoms with E-state index >= 15 is 0 Å². The lowest BCUT2D eigenvalue weighted by Crippen LogP contribution is -2.35. The summed E-state index contributed by atoms with van der Waals surface area (Å²) in [5.41, 5.74) is 0.137. The van der Waals surface area contributed by atoms with E-state index in [1.807, 2.05) is 18.2 Å². The van der Waals surface area contributed by atoms with Crippen molar-refractivity contribution in [2.45, 2.75) is 43.9 Å². The molecule has 0 amide bonds. The number of Topliss-reactive ketones (excluding diaryl/α,β-unsaturated/α-hetero) is 1. The van der Waals surface area contributed by atoms with Crippen molar-refractivity contribution in [1.82, 2.24) is 10.2 Å². The number of thioether (sulfide) groups is 1. The van der Waals surface area contributed by atoms with Gasteiger partial charge in [-0.15, -0.1) is 5.10 Å².